The van der Waals surface area contributed by atoms with E-state index >= 15 is 0 Å². The van der Waals surface area contributed by atoms with E-state index in [1.165, 1.54) is 11.3 Å². The first-order chi connectivity index (χ1) is 16.5. The van der Waals surface area contributed by atoms with E-state index in [-0.39, 0.29) is 12.5 Å². The van der Waals surface area contributed by atoms with Crippen molar-refractivity contribution in [3.8, 4) is 10.4 Å². The lowest BCUT2D eigenvalue weighted by Crippen LogP contribution is -2.47. The van der Waals surface area contributed by atoms with E-state index < -0.39 is 0 Å². The number of piperidine rings is 1. The van der Waals surface area contributed by atoms with E-state index in [9.17, 15) is 9.90 Å². The molecule has 2 aliphatic rings. The predicted molar refractivity (Wildman–Crippen MR) is 142 cm³/mol. The summed E-state index contributed by atoms with van der Waals surface area (Å²) in [7, 11) is 4.32. The Kier molecular flexibility index (Phi) is 8.97. The third-order valence-corrected chi connectivity index (χ3v) is 8.09. The topological polar surface area (TPSA) is 62.3 Å². The highest BCUT2D eigenvalue weighted by atomic mass is 32.1. The highest BCUT2D eigenvalue weighted by Gasteiger charge is 2.24. The van der Waals surface area contributed by atoms with Gasteiger partial charge in [0.05, 0.1) is 11.5 Å². The number of likely N-dealkylation sites (N-methyl/N-ethyl adjacent to an activating group) is 1. The van der Waals surface area contributed by atoms with Crippen molar-refractivity contribution in [2.45, 2.75) is 25.3 Å². The Bertz CT molecular complexity index is 902. The lowest BCUT2D eigenvalue weighted by Gasteiger charge is -2.36. The molecular formula is C26H39N5O2S. The lowest BCUT2D eigenvalue weighted by molar-refractivity contribution is -0.118. The summed E-state index contributed by atoms with van der Waals surface area (Å²) in [6, 6.07) is 13.3. The summed E-state index contributed by atoms with van der Waals surface area (Å²) in [5.41, 5.74) is 2.46. The molecule has 2 saturated heterocycles. The number of aliphatic hydroxyl groups is 1. The molecule has 8 heteroatoms. The van der Waals surface area contributed by atoms with Gasteiger partial charge in [0.25, 0.3) is 0 Å². The molecule has 1 aromatic carbocycles. The minimum absolute atomic E-state index is 0.0238. The zero-order chi connectivity index (χ0) is 23.9. The molecular weight excluding hydrogens is 446 g/mol. The van der Waals surface area contributed by atoms with Crippen LogP contribution in [0.3, 0.4) is 0 Å². The third-order valence-electron chi connectivity index (χ3n) is 7.04. The molecule has 0 atom stereocenters. The molecule has 2 aromatic rings. The summed E-state index contributed by atoms with van der Waals surface area (Å²) < 4.78 is 0. The summed E-state index contributed by atoms with van der Waals surface area (Å²) in [4.78, 5) is 23.4. The number of hydrogen-bond acceptors (Lipinski definition) is 7. The molecule has 0 radical (unpaired) electrons. The van der Waals surface area contributed by atoms with E-state index in [2.05, 4.69) is 69.3 Å². The number of aliphatic hydroxyl groups excluding tert-OH is 1. The van der Waals surface area contributed by atoms with Crippen LogP contribution in [0.15, 0.2) is 36.4 Å². The minimum Gasteiger partial charge on any atom is -0.396 e. The van der Waals surface area contributed by atoms with Gasteiger partial charge >= 0.3 is 0 Å². The van der Waals surface area contributed by atoms with Crippen LogP contribution in [0.25, 0.3) is 10.4 Å². The summed E-state index contributed by atoms with van der Waals surface area (Å²) in [6.45, 7) is 7.75. The van der Waals surface area contributed by atoms with Gasteiger partial charge in [-0.05, 0) is 76.3 Å². The Labute approximate surface area is 208 Å². The molecule has 1 aromatic heterocycles. The molecule has 2 aliphatic heterocycles. The van der Waals surface area contributed by atoms with Crippen molar-refractivity contribution in [2.24, 2.45) is 0 Å². The fraction of sp³-hybridized carbons (Fsp3) is 0.577. The van der Waals surface area contributed by atoms with Gasteiger partial charge in [-0.2, -0.15) is 0 Å². The molecule has 0 aliphatic carbocycles. The fourth-order valence-electron chi connectivity index (χ4n) is 4.85. The first-order valence-corrected chi connectivity index (χ1v) is 13.3. The van der Waals surface area contributed by atoms with Gasteiger partial charge in [0.1, 0.15) is 0 Å². The maximum Gasteiger partial charge on any atom is 0.239 e. The zero-order valence-electron chi connectivity index (χ0n) is 20.6. The predicted octanol–water partition coefficient (Wildman–Crippen LogP) is 2.88. The molecule has 34 heavy (non-hydrogen) atoms. The van der Waals surface area contributed by atoms with Gasteiger partial charge in [-0.25, -0.2) is 0 Å². The number of benzene rings is 1. The van der Waals surface area contributed by atoms with Gasteiger partial charge in [-0.1, -0.05) is 12.1 Å². The smallest absolute Gasteiger partial charge is 0.239 e. The van der Waals surface area contributed by atoms with Crippen molar-refractivity contribution in [3.05, 3.63) is 36.4 Å². The van der Waals surface area contributed by atoms with Crippen LogP contribution in [0.1, 0.15) is 19.3 Å². The van der Waals surface area contributed by atoms with E-state index in [0.717, 1.165) is 68.5 Å². The highest BCUT2D eigenvalue weighted by Crippen LogP contribution is 2.32. The van der Waals surface area contributed by atoms with Crippen molar-refractivity contribution in [3.63, 3.8) is 0 Å². The Morgan fingerprint density at radius 2 is 1.68 bits per heavy atom. The molecule has 0 saturated carbocycles. The molecule has 2 N–H and O–H groups in total. The van der Waals surface area contributed by atoms with Gasteiger partial charge in [-0.3, -0.25) is 9.69 Å². The number of hydrogen-bond donors (Lipinski definition) is 2. The second kappa shape index (κ2) is 12.1. The molecule has 0 spiro atoms. The van der Waals surface area contributed by atoms with Crippen LogP contribution in [0.4, 0.5) is 10.7 Å². The van der Waals surface area contributed by atoms with Gasteiger partial charge < -0.3 is 25.1 Å². The first kappa shape index (κ1) is 25.1. The average Bonchev–Trinajstić information content (AvgIpc) is 3.31. The standard InChI is InChI=1S/C26H39N5O2S/c1-28-13-10-23(11-14-28)31(12-3-19-32)20-25(33)27-26-9-8-24(34-26)21-4-6-22(7-5-21)30-17-15-29(2)16-18-30/h4-9,23,32H,3,10-20H2,1-2H3,(H,27,33). The molecule has 186 valence electrons. The summed E-state index contributed by atoms with van der Waals surface area (Å²) >= 11 is 1.62. The number of nitrogens with one attached hydrogen (secondary N) is 1. The third kappa shape index (κ3) is 6.79. The molecule has 0 bridgehead atoms. The molecule has 3 heterocycles. The van der Waals surface area contributed by atoms with E-state index in [1.54, 1.807) is 11.3 Å². The number of amides is 1. The molecule has 4 rings (SSSR count). The van der Waals surface area contributed by atoms with Crippen molar-refractivity contribution >= 4 is 27.9 Å². The highest BCUT2D eigenvalue weighted by molar-refractivity contribution is 7.19. The van der Waals surface area contributed by atoms with Crippen LogP contribution in [0.2, 0.25) is 0 Å². The first-order valence-electron chi connectivity index (χ1n) is 12.5. The van der Waals surface area contributed by atoms with Crippen molar-refractivity contribution in [1.29, 1.82) is 0 Å². The Hall–Kier alpha value is -1.97. The number of thiophene rings is 1. The van der Waals surface area contributed by atoms with Crippen molar-refractivity contribution in [1.82, 2.24) is 14.7 Å². The van der Waals surface area contributed by atoms with Crippen LogP contribution >= 0.6 is 11.3 Å². The van der Waals surface area contributed by atoms with Crippen LogP contribution in [0, 0.1) is 0 Å². The molecule has 2 fully saturated rings. The van der Waals surface area contributed by atoms with Crippen molar-refractivity contribution < 1.29 is 9.90 Å². The number of nitrogens with zero attached hydrogens (tertiary/aromatic N) is 4. The monoisotopic (exact) mass is 485 g/mol. The number of likely N-dealkylation sites (tertiary alicyclic amines) is 1. The van der Waals surface area contributed by atoms with Crippen LogP contribution in [0.5, 0.6) is 0 Å². The van der Waals surface area contributed by atoms with Crippen LogP contribution in [-0.4, -0.2) is 105 Å². The number of carbonyl (C=O) groups is 1. The van der Waals surface area contributed by atoms with Gasteiger partial charge in [-0.15, -0.1) is 11.3 Å². The average molecular weight is 486 g/mol. The zero-order valence-corrected chi connectivity index (χ0v) is 21.4. The number of anilines is 2. The van der Waals surface area contributed by atoms with Crippen LogP contribution in [-0.2, 0) is 4.79 Å². The summed E-state index contributed by atoms with van der Waals surface area (Å²) in [5.74, 6) is 0.0238. The second-order valence-electron chi connectivity index (χ2n) is 9.63. The maximum atomic E-state index is 12.9. The number of carbonyl (C=O) groups excluding carboxylic acids is 1. The quantitative estimate of drug-likeness (QED) is 0.570. The number of piperazine rings is 1. The van der Waals surface area contributed by atoms with E-state index in [0.29, 0.717) is 19.0 Å². The molecule has 0 unspecified atom stereocenters. The fourth-order valence-corrected chi connectivity index (χ4v) is 5.78. The normalized spacial score (nSPS) is 18.5. The van der Waals surface area contributed by atoms with Crippen LogP contribution < -0.4 is 10.2 Å². The SMILES string of the molecule is CN1CCC(N(CCCO)CC(=O)Nc2ccc(-c3ccc(N4CCN(C)CC4)cc3)s2)CC1. The second-order valence-corrected chi connectivity index (χ2v) is 10.7. The summed E-state index contributed by atoms with van der Waals surface area (Å²) in [6.07, 6.45) is 2.85. The lowest BCUT2D eigenvalue weighted by atomic mass is 10.0. The molecule has 1 amide bonds. The van der Waals surface area contributed by atoms with Gasteiger partial charge in [0.2, 0.25) is 5.91 Å². The largest absolute Gasteiger partial charge is 0.396 e. The Balaban J connectivity index is 1.32. The minimum atomic E-state index is 0.0238. The Morgan fingerprint density at radius 1 is 1.00 bits per heavy atom. The summed E-state index contributed by atoms with van der Waals surface area (Å²) in [5, 5.41) is 13.3. The van der Waals surface area contributed by atoms with E-state index in [1.807, 2.05) is 6.07 Å². The van der Waals surface area contributed by atoms with E-state index in [4.69, 9.17) is 0 Å². The van der Waals surface area contributed by atoms with Crippen molar-refractivity contribution in [2.75, 3.05) is 83.3 Å². The maximum absolute atomic E-state index is 12.9. The molecule has 7 nitrogen and oxygen atoms in total. The van der Waals surface area contributed by atoms with Gasteiger partial charge in [0.15, 0.2) is 0 Å². The Morgan fingerprint density at radius 3 is 2.35 bits per heavy atom. The van der Waals surface area contributed by atoms with Gasteiger partial charge in [0, 0.05) is 55.9 Å². The number of rotatable bonds is 9.